The van der Waals surface area contributed by atoms with Crippen LogP contribution in [-0.2, 0) is 26.0 Å². The van der Waals surface area contributed by atoms with Crippen LogP contribution >= 0.6 is 11.3 Å². The van der Waals surface area contributed by atoms with Crippen molar-refractivity contribution < 1.29 is 22.8 Å². The van der Waals surface area contributed by atoms with Crippen molar-refractivity contribution in [2.45, 2.75) is 17.7 Å². The van der Waals surface area contributed by atoms with Crippen molar-refractivity contribution in [1.82, 2.24) is 15.5 Å². The molecule has 4 amide bonds. The van der Waals surface area contributed by atoms with Crippen LogP contribution in [0, 0.1) is 0 Å². The fourth-order valence-corrected chi connectivity index (χ4v) is 2.87. The van der Waals surface area contributed by atoms with E-state index in [4.69, 9.17) is 10.9 Å². The molecule has 6 N–H and O–H groups in total. The molecule has 1 aromatic heterocycles. The maximum absolute atomic E-state index is 11.0. The second kappa shape index (κ2) is 9.55. The molecule has 0 saturated heterocycles. The van der Waals surface area contributed by atoms with Crippen molar-refractivity contribution in [3.8, 4) is 0 Å². The highest BCUT2D eigenvalue weighted by Crippen LogP contribution is 2.17. The Kier molecular flexibility index (Phi) is 7.77. The van der Waals surface area contributed by atoms with E-state index in [0.29, 0.717) is 11.3 Å². The molecular formula is C13H16N6O5S2. The van der Waals surface area contributed by atoms with Gasteiger partial charge >= 0.3 is 6.03 Å². The molecular weight excluding hydrogens is 384 g/mol. The lowest BCUT2D eigenvalue weighted by Crippen LogP contribution is -2.35. The Bertz CT molecular complexity index is 881. The number of urea groups is 1. The summed E-state index contributed by atoms with van der Waals surface area (Å²) in [6.07, 6.45) is 0.170. The molecule has 0 radical (unpaired) electrons. The number of carbonyl (C=O) groups is 3. The van der Waals surface area contributed by atoms with Crippen molar-refractivity contribution in [2.24, 2.45) is 10.9 Å². The third-order valence-electron chi connectivity index (χ3n) is 2.40. The Morgan fingerprint density at radius 1 is 1.15 bits per heavy atom. The lowest BCUT2D eigenvalue weighted by atomic mass is 10.1. The Hall–Kier alpha value is -2.90. The SMILES string of the molecule is CC(=O)Nc1nnc(S(N)(=O)=O)s1.NC(=O)NC(=O)Cc1ccccc1. The predicted molar refractivity (Wildman–Crippen MR) is 93.5 cm³/mol. The van der Waals surface area contributed by atoms with E-state index in [0.717, 1.165) is 5.56 Å². The van der Waals surface area contributed by atoms with Crippen LogP contribution in [0.2, 0.25) is 0 Å². The number of anilines is 1. The summed E-state index contributed by atoms with van der Waals surface area (Å²) >= 11 is 0.701. The molecule has 0 saturated carbocycles. The number of hydrogen-bond acceptors (Lipinski definition) is 8. The van der Waals surface area contributed by atoms with Crippen molar-refractivity contribution in [1.29, 1.82) is 0 Å². The molecule has 2 rings (SSSR count). The van der Waals surface area contributed by atoms with Gasteiger partial charge in [0.2, 0.25) is 21.3 Å². The Balaban J connectivity index is 0.000000260. The molecule has 26 heavy (non-hydrogen) atoms. The second-order valence-corrected chi connectivity index (χ2v) is 7.39. The number of carbonyl (C=O) groups excluding carboxylic acids is 3. The first kappa shape index (κ1) is 21.1. The maximum Gasteiger partial charge on any atom is 0.318 e. The van der Waals surface area contributed by atoms with Crippen LogP contribution in [0.5, 0.6) is 0 Å². The number of sulfonamides is 1. The van der Waals surface area contributed by atoms with Gasteiger partial charge in [0.05, 0.1) is 6.42 Å². The maximum atomic E-state index is 11.0. The first-order valence-electron chi connectivity index (χ1n) is 6.85. The second-order valence-electron chi connectivity index (χ2n) is 4.67. The molecule has 0 aliphatic rings. The molecule has 0 spiro atoms. The summed E-state index contributed by atoms with van der Waals surface area (Å²) in [5.74, 6) is -0.740. The van der Waals surface area contributed by atoms with Gasteiger partial charge in [0, 0.05) is 6.92 Å². The van der Waals surface area contributed by atoms with Gasteiger partial charge in [0.1, 0.15) is 0 Å². The van der Waals surface area contributed by atoms with E-state index in [1.807, 2.05) is 23.5 Å². The molecule has 0 fully saturated rings. The molecule has 11 nitrogen and oxygen atoms in total. The molecule has 1 aromatic carbocycles. The quantitative estimate of drug-likeness (QED) is 0.501. The number of nitrogens with zero attached hydrogens (tertiary/aromatic N) is 2. The minimum atomic E-state index is -3.82. The third-order valence-corrected chi connectivity index (χ3v) is 4.55. The van der Waals surface area contributed by atoms with Gasteiger partial charge in [0.25, 0.3) is 10.0 Å². The van der Waals surface area contributed by atoms with Gasteiger partial charge in [-0.1, -0.05) is 41.7 Å². The first-order valence-corrected chi connectivity index (χ1v) is 9.21. The average Bonchev–Trinajstić information content (AvgIpc) is 2.96. The van der Waals surface area contributed by atoms with Gasteiger partial charge in [-0.2, -0.15) is 0 Å². The summed E-state index contributed by atoms with van der Waals surface area (Å²) in [7, 11) is -3.82. The van der Waals surface area contributed by atoms with Gasteiger partial charge in [-0.15, -0.1) is 10.2 Å². The molecule has 140 valence electrons. The zero-order valence-corrected chi connectivity index (χ0v) is 15.1. The van der Waals surface area contributed by atoms with Gasteiger partial charge in [0.15, 0.2) is 0 Å². The van der Waals surface area contributed by atoms with E-state index in [2.05, 4.69) is 15.5 Å². The lowest BCUT2D eigenvalue weighted by Gasteiger charge is -1.99. The van der Waals surface area contributed by atoms with Crippen LogP contribution in [0.3, 0.4) is 0 Å². The number of amides is 4. The van der Waals surface area contributed by atoms with Crippen molar-refractivity contribution >= 4 is 44.3 Å². The summed E-state index contributed by atoms with van der Waals surface area (Å²) in [5.41, 5.74) is 5.62. The molecule has 2 aromatic rings. The largest absolute Gasteiger partial charge is 0.351 e. The highest BCUT2D eigenvalue weighted by Gasteiger charge is 2.15. The average molecular weight is 400 g/mol. The Morgan fingerprint density at radius 3 is 2.23 bits per heavy atom. The van der Waals surface area contributed by atoms with Crippen LogP contribution in [0.4, 0.5) is 9.93 Å². The van der Waals surface area contributed by atoms with Gasteiger partial charge in [-0.05, 0) is 5.56 Å². The Labute approximate surface area is 152 Å². The minimum Gasteiger partial charge on any atom is -0.351 e. The number of rotatable bonds is 4. The topological polar surface area (TPSA) is 187 Å². The zero-order valence-electron chi connectivity index (χ0n) is 13.5. The zero-order chi connectivity index (χ0) is 19.7. The Morgan fingerprint density at radius 2 is 1.77 bits per heavy atom. The normalized spacial score (nSPS) is 10.2. The fourth-order valence-electron chi connectivity index (χ4n) is 1.49. The molecule has 0 bridgehead atoms. The van der Waals surface area contributed by atoms with E-state index in [-0.39, 0.29) is 21.8 Å². The molecule has 0 aliphatic heterocycles. The smallest absolute Gasteiger partial charge is 0.318 e. The number of benzene rings is 1. The van der Waals surface area contributed by atoms with Crippen molar-refractivity contribution in [3.05, 3.63) is 35.9 Å². The molecule has 0 unspecified atom stereocenters. The van der Waals surface area contributed by atoms with E-state index in [1.165, 1.54) is 6.92 Å². The standard InChI is InChI=1S/C9H10N2O2.C4H6N4O3S2/c10-9(13)11-8(12)6-7-4-2-1-3-5-7;1-2(9)6-3-7-8-4(12-3)13(5,10)11/h1-5H,6H2,(H3,10,11,12,13);1H3,(H2,5,10,11)(H,6,7,9). The number of nitrogens with one attached hydrogen (secondary N) is 2. The molecule has 1 heterocycles. The van der Waals surface area contributed by atoms with E-state index < -0.39 is 22.0 Å². The van der Waals surface area contributed by atoms with Crippen LogP contribution in [0.15, 0.2) is 34.7 Å². The monoisotopic (exact) mass is 400 g/mol. The number of hydrogen-bond donors (Lipinski definition) is 4. The van der Waals surface area contributed by atoms with Gasteiger partial charge < -0.3 is 11.1 Å². The summed E-state index contributed by atoms with van der Waals surface area (Å²) in [4.78, 5) is 31.8. The van der Waals surface area contributed by atoms with E-state index in [9.17, 15) is 22.8 Å². The fraction of sp³-hybridized carbons (Fsp3) is 0.154. The van der Waals surface area contributed by atoms with Crippen LogP contribution < -0.4 is 21.5 Å². The number of aromatic nitrogens is 2. The van der Waals surface area contributed by atoms with Crippen LogP contribution in [-0.4, -0.2) is 36.5 Å². The predicted octanol–water partition coefficient (Wildman–Crippen LogP) is -0.432. The van der Waals surface area contributed by atoms with E-state index in [1.54, 1.807) is 12.1 Å². The minimum absolute atomic E-state index is 0.108. The lowest BCUT2D eigenvalue weighted by molar-refractivity contribution is -0.119. The number of primary amides is 1. The number of nitrogens with two attached hydrogens (primary N) is 2. The molecule has 0 atom stereocenters. The van der Waals surface area contributed by atoms with Crippen molar-refractivity contribution in [3.63, 3.8) is 0 Å². The number of primary sulfonamides is 1. The highest BCUT2D eigenvalue weighted by atomic mass is 32.2. The summed E-state index contributed by atoms with van der Waals surface area (Å²) in [6, 6.07) is 8.30. The van der Waals surface area contributed by atoms with Gasteiger partial charge in [-0.25, -0.2) is 18.4 Å². The van der Waals surface area contributed by atoms with Gasteiger partial charge in [-0.3, -0.25) is 14.9 Å². The highest BCUT2D eigenvalue weighted by molar-refractivity contribution is 7.91. The number of imide groups is 1. The summed E-state index contributed by atoms with van der Waals surface area (Å²) < 4.78 is 21.1. The van der Waals surface area contributed by atoms with Crippen LogP contribution in [0.25, 0.3) is 0 Å². The van der Waals surface area contributed by atoms with Crippen molar-refractivity contribution in [2.75, 3.05) is 5.32 Å². The third kappa shape index (κ3) is 8.27. The van der Waals surface area contributed by atoms with E-state index >= 15 is 0 Å². The first-order chi connectivity index (χ1) is 12.1. The summed E-state index contributed by atoms with van der Waals surface area (Å²) in [6.45, 7) is 1.28. The molecule has 13 heteroatoms. The van der Waals surface area contributed by atoms with Crippen LogP contribution in [0.1, 0.15) is 12.5 Å². The molecule has 0 aliphatic carbocycles. The summed E-state index contributed by atoms with van der Waals surface area (Å²) in [5, 5.41) is 15.8.